The topological polar surface area (TPSA) is 82.8 Å². The van der Waals surface area contributed by atoms with Crippen molar-refractivity contribution in [3.05, 3.63) is 23.8 Å². The minimum atomic E-state index is -0.708. The Hall–Kier alpha value is -1.79. The van der Waals surface area contributed by atoms with E-state index in [1.807, 2.05) is 12.1 Å². The molecular formula is C14H22N2O4. The summed E-state index contributed by atoms with van der Waals surface area (Å²) in [4.78, 5) is 11.1. The highest BCUT2D eigenvalue weighted by molar-refractivity contribution is 5.78. The van der Waals surface area contributed by atoms with Crippen LogP contribution in [0.1, 0.15) is 12.5 Å². The molecule has 6 nitrogen and oxygen atoms in total. The van der Waals surface area contributed by atoms with Gasteiger partial charge in [-0.05, 0) is 24.6 Å². The summed E-state index contributed by atoms with van der Waals surface area (Å²) in [6.07, 6.45) is -0.708. The molecule has 1 unspecified atom stereocenters. The lowest BCUT2D eigenvalue weighted by Crippen LogP contribution is -2.30. The molecule has 0 heterocycles. The predicted octanol–water partition coefficient (Wildman–Crippen LogP) is 0.684. The lowest BCUT2D eigenvalue weighted by atomic mass is 10.2. The van der Waals surface area contributed by atoms with E-state index in [1.54, 1.807) is 27.2 Å². The predicted molar refractivity (Wildman–Crippen MR) is 75.9 cm³/mol. The molecule has 1 atom stereocenters. The summed E-state index contributed by atoms with van der Waals surface area (Å²) in [6.45, 7) is 3.69. The largest absolute Gasteiger partial charge is 0.493 e. The molecule has 1 aromatic rings. The monoisotopic (exact) mass is 282 g/mol. The highest BCUT2D eigenvalue weighted by atomic mass is 16.5. The third-order valence-corrected chi connectivity index (χ3v) is 2.74. The zero-order chi connectivity index (χ0) is 15.0. The second-order valence-electron chi connectivity index (χ2n) is 4.32. The quantitative estimate of drug-likeness (QED) is 0.651. The highest BCUT2D eigenvalue weighted by Gasteiger charge is 2.14. The van der Waals surface area contributed by atoms with Crippen molar-refractivity contribution in [1.29, 1.82) is 0 Å². The maximum absolute atomic E-state index is 11.1. The second-order valence-corrected chi connectivity index (χ2v) is 4.32. The van der Waals surface area contributed by atoms with Crippen molar-refractivity contribution in [2.45, 2.75) is 19.6 Å². The molecule has 1 aromatic carbocycles. The first-order chi connectivity index (χ1) is 9.58. The molecule has 0 aliphatic rings. The van der Waals surface area contributed by atoms with Crippen molar-refractivity contribution in [2.24, 2.45) is 5.73 Å². The number of benzene rings is 1. The highest BCUT2D eigenvalue weighted by Crippen LogP contribution is 2.28. The Morgan fingerprint density at radius 3 is 2.70 bits per heavy atom. The van der Waals surface area contributed by atoms with Crippen LogP contribution in [-0.2, 0) is 16.1 Å². The lowest BCUT2D eigenvalue weighted by molar-refractivity contribution is -0.124. The van der Waals surface area contributed by atoms with Crippen molar-refractivity contribution in [1.82, 2.24) is 5.32 Å². The van der Waals surface area contributed by atoms with Gasteiger partial charge in [-0.15, -0.1) is 0 Å². The fourth-order valence-corrected chi connectivity index (χ4v) is 1.58. The molecule has 1 rings (SSSR count). The van der Waals surface area contributed by atoms with Gasteiger partial charge in [-0.1, -0.05) is 6.07 Å². The van der Waals surface area contributed by atoms with Crippen LogP contribution in [0.2, 0.25) is 0 Å². The van der Waals surface area contributed by atoms with Gasteiger partial charge >= 0.3 is 0 Å². The fourth-order valence-electron chi connectivity index (χ4n) is 1.58. The van der Waals surface area contributed by atoms with E-state index in [0.29, 0.717) is 24.7 Å². The summed E-state index contributed by atoms with van der Waals surface area (Å²) < 4.78 is 15.7. The molecule has 0 saturated carbocycles. The zero-order valence-electron chi connectivity index (χ0n) is 12.1. The number of hydrogen-bond donors (Lipinski definition) is 2. The van der Waals surface area contributed by atoms with E-state index in [4.69, 9.17) is 19.9 Å². The number of carbonyl (C=O) groups excluding carboxylic acids is 1. The maximum atomic E-state index is 11.1. The standard InChI is InChI=1S/C14H22N2O4/c1-10(14(15)17)20-13-8-11(4-5-12(13)19-3)9-16-6-7-18-2/h4-5,8,10,16H,6-7,9H2,1-3H3,(H2,15,17). The molecule has 1 amide bonds. The SMILES string of the molecule is COCCNCc1ccc(OC)c(OC(C)C(N)=O)c1. The first kappa shape index (κ1) is 16.3. The van der Waals surface area contributed by atoms with Crippen molar-refractivity contribution < 1.29 is 19.0 Å². The van der Waals surface area contributed by atoms with Gasteiger partial charge in [-0.25, -0.2) is 0 Å². The van der Waals surface area contributed by atoms with Crippen molar-refractivity contribution in [3.8, 4) is 11.5 Å². The smallest absolute Gasteiger partial charge is 0.258 e. The van der Waals surface area contributed by atoms with Gasteiger partial charge in [0.2, 0.25) is 0 Å². The van der Waals surface area contributed by atoms with E-state index in [2.05, 4.69) is 5.32 Å². The Balaban J connectivity index is 2.72. The third-order valence-electron chi connectivity index (χ3n) is 2.74. The summed E-state index contributed by atoms with van der Waals surface area (Å²) in [5.74, 6) is 0.555. The summed E-state index contributed by atoms with van der Waals surface area (Å²) in [5.41, 5.74) is 6.22. The normalized spacial score (nSPS) is 11.9. The second kappa shape index (κ2) is 8.39. The van der Waals surface area contributed by atoms with Crippen LogP contribution in [0.15, 0.2) is 18.2 Å². The van der Waals surface area contributed by atoms with Crippen LogP contribution in [0.3, 0.4) is 0 Å². The number of ether oxygens (including phenoxy) is 3. The van der Waals surface area contributed by atoms with Gasteiger partial charge < -0.3 is 25.3 Å². The van der Waals surface area contributed by atoms with E-state index in [1.165, 1.54) is 0 Å². The molecule has 0 spiro atoms. The van der Waals surface area contributed by atoms with Gasteiger partial charge in [-0.3, -0.25) is 4.79 Å². The number of primary amides is 1. The van der Waals surface area contributed by atoms with Gasteiger partial charge in [0.1, 0.15) is 0 Å². The summed E-state index contributed by atoms with van der Waals surface area (Å²) in [7, 11) is 3.21. The number of hydrogen-bond acceptors (Lipinski definition) is 5. The Bertz CT molecular complexity index is 437. The van der Waals surface area contributed by atoms with Crippen LogP contribution in [0, 0.1) is 0 Å². The third kappa shape index (κ3) is 5.07. The van der Waals surface area contributed by atoms with Crippen LogP contribution in [-0.4, -0.2) is 39.4 Å². The van der Waals surface area contributed by atoms with Gasteiger partial charge in [0.25, 0.3) is 5.91 Å². The van der Waals surface area contributed by atoms with E-state index < -0.39 is 12.0 Å². The zero-order valence-corrected chi connectivity index (χ0v) is 12.1. The Morgan fingerprint density at radius 2 is 2.10 bits per heavy atom. The number of nitrogens with one attached hydrogen (secondary N) is 1. The number of carbonyl (C=O) groups is 1. The average Bonchev–Trinajstić information content (AvgIpc) is 2.43. The van der Waals surface area contributed by atoms with Crippen LogP contribution < -0.4 is 20.5 Å². The van der Waals surface area contributed by atoms with E-state index in [9.17, 15) is 4.79 Å². The van der Waals surface area contributed by atoms with E-state index in [0.717, 1.165) is 12.1 Å². The number of amides is 1. The Morgan fingerprint density at radius 1 is 1.35 bits per heavy atom. The molecule has 0 saturated heterocycles. The van der Waals surface area contributed by atoms with Gasteiger partial charge in [0, 0.05) is 20.2 Å². The van der Waals surface area contributed by atoms with Crippen LogP contribution in [0.4, 0.5) is 0 Å². The Kier molecular flexibility index (Phi) is 6.83. The van der Waals surface area contributed by atoms with Crippen LogP contribution in [0.5, 0.6) is 11.5 Å². The summed E-state index contributed by atoms with van der Waals surface area (Å²) in [5, 5.41) is 3.23. The fraction of sp³-hybridized carbons (Fsp3) is 0.500. The molecule has 0 aliphatic carbocycles. The van der Waals surface area contributed by atoms with Crippen LogP contribution >= 0.6 is 0 Å². The lowest BCUT2D eigenvalue weighted by Gasteiger charge is -2.15. The van der Waals surface area contributed by atoms with Crippen LogP contribution in [0.25, 0.3) is 0 Å². The molecule has 0 radical (unpaired) electrons. The number of methoxy groups -OCH3 is 2. The minimum Gasteiger partial charge on any atom is -0.493 e. The average molecular weight is 282 g/mol. The van der Waals surface area contributed by atoms with Crippen molar-refractivity contribution >= 4 is 5.91 Å². The number of nitrogens with two attached hydrogens (primary N) is 1. The molecule has 6 heteroatoms. The molecular weight excluding hydrogens is 260 g/mol. The first-order valence-corrected chi connectivity index (χ1v) is 6.41. The minimum absolute atomic E-state index is 0.504. The summed E-state index contributed by atoms with van der Waals surface area (Å²) in [6, 6.07) is 5.56. The van der Waals surface area contributed by atoms with Crippen molar-refractivity contribution in [2.75, 3.05) is 27.4 Å². The van der Waals surface area contributed by atoms with Gasteiger partial charge in [-0.2, -0.15) is 0 Å². The first-order valence-electron chi connectivity index (χ1n) is 6.41. The van der Waals surface area contributed by atoms with E-state index in [-0.39, 0.29) is 0 Å². The van der Waals surface area contributed by atoms with Crippen molar-refractivity contribution in [3.63, 3.8) is 0 Å². The number of rotatable bonds is 9. The molecule has 20 heavy (non-hydrogen) atoms. The molecule has 0 aliphatic heterocycles. The molecule has 0 fully saturated rings. The van der Waals surface area contributed by atoms with Gasteiger partial charge in [0.15, 0.2) is 17.6 Å². The molecule has 0 bridgehead atoms. The maximum Gasteiger partial charge on any atom is 0.258 e. The molecule has 112 valence electrons. The summed E-state index contributed by atoms with van der Waals surface area (Å²) >= 11 is 0. The van der Waals surface area contributed by atoms with E-state index >= 15 is 0 Å². The molecule has 3 N–H and O–H groups in total. The Labute approximate surface area is 119 Å². The molecule has 0 aromatic heterocycles. The van der Waals surface area contributed by atoms with Gasteiger partial charge in [0.05, 0.1) is 13.7 Å².